The van der Waals surface area contributed by atoms with Gasteiger partial charge in [0, 0.05) is 7.11 Å². The minimum atomic E-state index is -0.675. The fourth-order valence-electron chi connectivity index (χ4n) is 3.23. The number of nitrogens with zero attached hydrogens (tertiary/aromatic N) is 3. The fourth-order valence-corrected chi connectivity index (χ4v) is 3.23. The van der Waals surface area contributed by atoms with Crippen LogP contribution in [0.3, 0.4) is 0 Å². The summed E-state index contributed by atoms with van der Waals surface area (Å²) in [6, 6.07) is 9.12. The Morgan fingerprint density at radius 3 is 2.24 bits per heavy atom. The Labute approximate surface area is 239 Å². The molecule has 0 aliphatic rings. The normalized spacial score (nSPS) is 12.0. The second-order valence-electron chi connectivity index (χ2n) is 8.70. The number of carbonyl (C=O) groups excluding carboxylic acids is 2. The molecule has 0 fully saturated rings. The zero-order valence-electron chi connectivity index (χ0n) is 23.5. The first-order valence-corrected chi connectivity index (χ1v) is 13.4. The van der Waals surface area contributed by atoms with E-state index >= 15 is 0 Å². The zero-order chi connectivity index (χ0) is 29.7. The number of rotatable bonds is 21. The van der Waals surface area contributed by atoms with Crippen molar-refractivity contribution in [2.45, 2.75) is 31.7 Å². The molecule has 0 spiro atoms. The molecule has 14 nitrogen and oxygen atoms in total. The van der Waals surface area contributed by atoms with Crippen LogP contribution in [-0.2, 0) is 28.5 Å². The first kappa shape index (κ1) is 33.7. The van der Waals surface area contributed by atoms with E-state index in [-0.39, 0.29) is 42.0 Å². The molecule has 14 heteroatoms. The van der Waals surface area contributed by atoms with Crippen LogP contribution in [0.5, 0.6) is 5.75 Å². The first-order chi connectivity index (χ1) is 19.9. The van der Waals surface area contributed by atoms with Gasteiger partial charge in [0.05, 0.1) is 58.7 Å². The third-order valence-corrected chi connectivity index (χ3v) is 5.44. The molecule has 0 unspecified atom stereocenters. The fraction of sp³-hybridized carbons (Fsp3) is 0.519. The van der Waals surface area contributed by atoms with Gasteiger partial charge in [0.15, 0.2) is 11.6 Å². The number of carbonyl (C=O) groups is 2. The zero-order valence-corrected chi connectivity index (χ0v) is 23.5. The monoisotopic (exact) mass is 575 g/mol. The van der Waals surface area contributed by atoms with Crippen LogP contribution in [-0.4, -0.2) is 82.8 Å². The van der Waals surface area contributed by atoms with Gasteiger partial charge in [0.2, 0.25) is 5.91 Å². The van der Waals surface area contributed by atoms with Crippen molar-refractivity contribution >= 4 is 34.9 Å². The number of nitrogens with two attached hydrogens (primary N) is 3. The molecule has 1 atom stereocenters. The average Bonchev–Trinajstić information content (AvgIpc) is 2.96. The van der Waals surface area contributed by atoms with Crippen molar-refractivity contribution in [3.05, 3.63) is 36.4 Å². The summed E-state index contributed by atoms with van der Waals surface area (Å²) < 4.78 is 26.4. The van der Waals surface area contributed by atoms with E-state index in [2.05, 4.69) is 20.5 Å². The summed E-state index contributed by atoms with van der Waals surface area (Å²) in [7, 11) is 1.61. The first-order valence-electron chi connectivity index (χ1n) is 13.4. The van der Waals surface area contributed by atoms with E-state index in [0.29, 0.717) is 58.3 Å². The highest BCUT2D eigenvalue weighted by Gasteiger charge is 2.15. The summed E-state index contributed by atoms with van der Waals surface area (Å²) in [5.74, 6) is -0.315. The predicted octanol–water partition coefficient (Wildman–Crippen LogP) is 2.47. The highest BCUT2D eigenvalue weighted by atomic mass is 16.6. The molecule has 0 saturated carbocycles. The number of benzene rings is 1. The Bertz CT molecular complexity index is 1090. The lowest BCUT2D eigenvalue weighted by atomic mass is 10.1. The van der Waals surface area contributed by atoms with Gasteiger partial charge in [-0.05, 0) is 43.7 Å². The highest BCUT2D eigenvalue weighted by molar-refractivity contribution is 5.94. The molecule has 2 aromatic rings. The molecular weight excluding hydrogens is 534 g/mol. The smallest absolute Gasteiger partial charge is 0.313 e. The third-order valence-electron chi connectivity index (χ3n) is 5.44. The van der Waals surface area contributed by atoms with Crippen LogP contribution in [0.4, 0.5) is 23.0 Å². The molecule has 0 radical (unpaired) electrons. The van der Waals surface area contributed by atoms with Crippen molar-refractivity contribution in [1.82, 2.24) is 4.98 Å². The standard InChI is InChI=1S/C27H41N7O7/c1-37-14-15-39-18-19-40-17-16-38-13-11-25(35)41-23-8-3-2-7-21(23)33-34-22-9-10-24(31-26(22)30)32-27(36)20(29)6-4-5-12-28/h2-3,7-10,20H,4-6,11-19,28-29H2,1H3,(H3,30,31,32,36)/b34-33+/t20-/m0/s1. The Balaban J connectivity index is 1.78. The molecule has 1 aromatic carbocycles. The van der Waals surface area contributed by atoms with Gasteiger partial charge in [0.1, 0.15) is 17.2 Å². The summed E-state index contributed by atoms with van der Waals surface area (Å²) >= 11 is 0. The van der Waals surface area contributed by atoms with Gasteiger partial charge < -0.3 is 46.2 Å². The summed E-state index contributed by atoms with van der Waals surface area (Å²) in [6.07, 6.45) is 2.12. The van der Waals surface area contributed by atoms with Crippen molar-refractivity contribution < 1.29 is 33.3 Å². The maximum Gasteiger partial charge on any atom is 0.313 e. The number of methoxy groups -OCH3 is 1. The molecule has 1 amide bonds. The number of ether oxygens (including phenoxy) is 5. The van der Waals surface area contributed by atoms with Crippen molar-refractivity contribution in [2.24, 2.45) is 21.7 Å². The molecule has 0 bridgehead atoms. The van der Waals surface area contributed by atoms with Gasteiger partial charge >= 0.3 is 5.97 Å². The van der Waals surface area contributed by atoms with Crippen LogP contribution >= 0.6 is 0 Å². The number of hydrogen-bond donors (Lipinski definition) is 4. The van der Waals surface area contributed by atoms with E-state index in [1.54, 1.807) is 43.5 Å². The molecule has 0 aliphatic heterocycles. The van der Waals surface area contributed by atoms with Gasteiger partial charge in [-0.2, -0.15) is 0 Å². The lowest BCUT2D eigenvalue weighted by Crippen LogP contribution is -2.35. The molecule has 226 valence electrons. The van der Waals surface area contributed by atoms with Crippen LogP contribution in [0.2, 0.25) is 0 Å². The Hall–Kier alpha value is -3.53. The number of hydrogen-bond acceptors (Lipinski definition) is 13. The molecular formula is C27H41N7O7. The number of nitrogen functional groups attached to an aromatic ring is 1. The Morgan fingerprint density at radius 2 is 1.56 bits per heavy atom. The van der Waals surface area contributed by atoms with Crippen LogP contribution in [0.25, 0.3) is 0 Å². The van der Waals surface area contributed by atoms with Gasteiger partial charge in [-0.1, -0.05) is 18.6 Å². The number of anilines is 2. The number of aromatic nitrogens is 1. The number of pyridine rings is 1. The molecule has 1 heterocycles. The van der Waals surface area contributed by atoms with E-state index in [1.165, 1.54) is 0 Å². The van der Waals surface area contributed by atoms with Crippen molar-refractivity contribution in [2.75, 3.05) is 71.0 Å². The lowest BCUT2D eigenvalue weighted by Gasteiger charge is -2.12. The molecule has 41 heavy (non-hydrogen) atoms. The van der Waals surface area contributed by atoms with E-state index in [0.717, 1.165) is 12.8 Å². The van der Waals surface area contributed by atoms with E-state index in [4.69, 9.17) is 40.9 Å². The van der Waals surface area contributed by atoms with Crippen LogP contribution in [0.1, 0.15) is 25.7 Å². The highest BCUT2D eigenvalue weighted by Crippen LogP contribution is 2.30. The van der Waals surface area contributed by atoms with Crippen molar-refractivity contribution in [3.63, 3.8) is 0 Å². The number of esters is 1. The average molecular weight is 576 g/mol. The van der Waals surface area contributed by atoms with Gasteiger partial charge in [0.25, 0.3) is 0 Å². The van der Waals surface area contributed by atoms with E-state index < -0.39 is 12.0 Å². The molecule has 0 aliphatic carbocycles. The maximum absolute atomic E-state index is 12.3. The molecule has 0 saturated heterocycles. The maximum atomic E-state index is 12.3. The summed E-state index contributed by atoms with van der Waals surface area (Å²) in [4.78, 5) is 28.7. The molecule has 1 aromatic heterocycles. The topological polar surface area (TPSA) is 208 Å². The van der Waals surface area contributed by atoms with Crippen LogP contribution in [0, 0.1) is 0 Å². The number of para-hydroxylation sites is 1. The second-order valence-corrected chi connectivity index (χ2v) is 8.70. The number of unbranched alkanes of at least 4 members (excludes halogenated alkanes) is 1. The number of amides is 1. The largest absolute Gasteiger partial charge is 0.424 e. The van der Waals surface area contributed by atoms with Crippen molar-refractivity contribution in [1.29, 1.82) is 0 Å². The SMILES string of the molecule is COCCOCCOCCOCCC(=O)Oc1ccccc1/N=N/c1ccc(NC(=O)[C@@H](N)CCCCN)nc1N. The summed E-state index contributed by atoms with van der Waals surface area (Å²) in [5, 5.41) is 10.9. The summed E-state index contributed by atoms with van der Waals surface area (Å²) in [5.41, 5.74) is 18.0. The van der Waals surface area contributed by atoms with E-state index in [9.17, 15) is 9.59 Å². The molecule has 2 rings (SSSR count). The lowest BCUT2D eigenvalue weighted by molar-refractivity contribution is -0.135. The molecule has 7 N–H and O–H groups in total. The Kier molecular flexibility index (Phi) is 16.7. The predicted molar refractivity (Wildman–Crippen MR) is 153 cm³/mol. The van der Waals surface area contributed by atoms with Gasteiger partial charge in [-0.25, -0.2) is 4.98 Å². The van der Waals surface area contributed by atoms with Crippen LogP contribution < -0.4 is 27.3 Å². The van der Waals surface area contributed by atoms with E-state index in [1.807, 2.05) is 0 Å². The summed E-state index contributed by atoms with van der Waals surface area (Å²) in [6.45, 7) is 3.46. The quantitative estimate of drug-likeness (QED) is 0.0735. The van der Waals surface area contributed by atoms with Gasteiger partial charge in [-0.15, -0.1) is 10.2 Å². The third kappa shape index (κ3) is 14.1. The van der Waals surface area contributed by atoms with Gasteiger partial charge in [-0.3, -0.25) is 9.59 Å². The van der Waals surface area contributed by atoms with Crippen LogP contribution in [0.15, 0.2) is 46.6 Å². The minimum absolute atomic E-state index is 0.0479. The minimum Gasteiger partial charge on any atom is -0.424 e. The second kappa shape index (κ2) is 20.4. The van der Waals surface area contributed by atoms with Crippen molar-refractivity contribution in [3.8, 4) is 5.75 Å². The number of azo groups is 1. The number of nitrogens with one attached hydrogen (secondary N) is 1. The Morgan fingerprint density at radius 1 is 0.902 bits per heavy atom.